The number of rotatable bonds is 3. The summed E-state index contributed by atoms with van der Waals surface area (Å²) in [6, 6.07) is 5.07. The van der Waals surface area contributed by atoms with Gasteiger partial charge in [0.1, 0.15) is 0 Å². The zero-order chi connectivity index (χ0) is 18.6. The maximum Gasteiger partial charge on any atom is 0.243 e. The Hall–Kier alpha value is -1.81. The van der Waals surface area contributed by atoms with Gasteiger partial charge < -0.3 is 9.64 Å². The standard InChI is InChI=1S/C18H19N3O4S2/c22-18(12-3-4-25-10-12)20-6-13-8-21(9-14(13)7-20)27(23,24)15-1-2-16-17(5-15)26-11-19-16/h1-2,5,11-12H,3-4,6-10H2/t12-/m0/s1. The van der Waals surface area contributed by atoms with Crippen LogP contribution in [0.4, 0.5) is 0 Å². The summed E-state index contributed by atoms with van der Waals surface area (Å²) in [5, 5.41) is 0. The van der Waals surface area contributed by atoms with Crippen LogP contribution in [0.2, 0.25) is 0 Å². The van der Waals surface area contributed by atoms with E-state index in [0.717, 1.165) is 27.8 Å². The fourth-order valence-electron chi connectivity index (χ4n) is 4.00. The summed E-state index contributed by atoms with van der Waals surface area (Å²) >= 11 is 1.43. The summed E-state index contributed by atoms with van der Waals surface area (Å²) in [6.07, 6.45) is 0.778. The first kappa shape index (κ1) is 17.3. The molecule has 27 heavy (non-hydrogen) atoms. The van der Waals surface area contributed by atoms with Crippen LogP contribution in [0, 0.1) is 5.92 Å². The number of benzene rings is 1. The van der Waals surface area contributed by atoms with Crippen molar-refractivity contribution in [1.82, 2.24) is 14.2 Å². The second-order valence-electron chi connectivity index (χ2n) is 7.22. The van der Waals surface area contributed by atoms with Crippen molar-refractivity contribution in [2.24, 2.45) is 5.92 Å². The first-order valence-electron chi connectivity index (χ1n) is 8.92. The number of aromatic nitrogens is 1. The van der Waals surface area contributed by atoms with Gasteiger partial charge in [-0.3, -0.25) is 4.79 Å². The predicted octanol–water partition coefficient (Wildman–Crippen LogP) is 1.48. The van der Waals surface area contributed by atoms with E-state index in [4.69, 9.17) is 4.74 Å². The number of sulfonamides is 1. The van der Waals surface area contributed by atoms with Crippen LogP contribution in [0.3, 0.4) is 0 Å². The van der Waals surface area contributed by atoms with Crippen molar-refractivity contribution in [2.75, 3.05) is 39.4 Å². The molecule has 1 fully saturated rings. The van der Waals surface area contributed by atoms with E-state index in [1.54, 1.807) is 23.7 Å². The van der Waals surface area contributed by atoms with Gasteiger partial charge in [0.15, 0.2) is 0 Å². The first-order valence-corrected chi connectivity index (χ1v) is 11.2. The lowest BCUT2D eigenvalue weighted by molar-refractivity contribution is -0.134. The van der Waals surface area contributed by atoms with E-state index >= 15 is 0 Å². The highest BCUT2D eigenvalue weighted by Gasteiger charge is 2.39. The molecule has 1 amide bonds. The molecule has 0 saturated carbocycles. The zero-order valence-corrected chi connectivity index (χ0v) is 16.3. The van der Waals surface area contributed by atoms with Gasteiger partial charge in [-0.2, -0.15) is 4.31 Å². The summed E-state index contributed by atoms with van der Waals surface area (Å²) in [7, 11) is -3.56. The Morgan fingerprint density at radius 2 is 1.96 bits per heavy atom. The number of hydrogen-bond donors (Lipinski definition) is 0. The van der Waals surface area contributed by atoms with Gasteiger partial charge in [0, 0.05) is 32.8 Å². The van der Waals surface area contributed by atoms with Crippen LogP contribution in [0.25, 0.3) is 10.2 Å². The summed E-state index contributed by atoms with van der Waals surface area (Å²) in [6.45, 7) is 2.94. The monoisotopic (exact) mass is 405 g/mol. The number of carbonyl (C=O) groups is 1. The number of fused-ring (bicyclic) bond motifs is 1. The average Bonchev–Trinajstić information content (AvgIpc) is 3.43. The van der Waals surface area contributed by atoms with Gasteiger partial charge in [-0.05, 0) is 35.8 Å². The Kier molecular flexibility index (Phi) is 4.08. The quantitative estimate of drug-likeness (QED) is 0.723. The molecule has 1 aromatic heterocycles. The van der Waals surface area contributed by atoms with Gasteiger partial charge in [-0.1, -0.05) is 0 Å². The van der Waals surface area contributed by atoms with Crippen LogP contribution in [-0.2, 0) is 19.6 Å². The summed E-state index contributed by atoms with van der Waals surface area (Å²) < 4.78 is 33.8. The lowest BCUT2D eigenvalue weighted by Crippen LogP contribution is -2.39. The molecule has 3 aliphatic heterocycles. The molecule has 5 rings (SSSR count). The molecule has 142 valence electrons. The average molecular weight is 406 g/mol. The largest absolute Gasteiger partial charge is 0.381 e. The van der Waals surface area contributed by atoms with E-state index in [1.807, 2.05) is 4.90 Å². The number of thiazole rings is 1. The van der Waals surface area contributed by atoms with E-state index in [0.29, 0.717) is 44.3 Å². The molecule has 1 saturated heterocycles. The smallest absolute Gasteiger partial charge is 0.243 e. The SMILES string of the molecule is O=C([C@H]1CCOC1)N1CC2=C(C1)CN(S(=O)(=O)c1ccc3ncsc3c1)C2. The molecule has 4 heterocycles. The Morgan fingerprint density at radius 3 is 2.67 bits per heavy atom. The molecule has 0 spiro atoms. The number of carbonyl (C=O) groups excluding carboxylic acids is 1. The maximum absolute atomic E-state index is 13.0. The molecule has 2 aromatic rings. The van der Waals surface area contributed by atoms with Crippen molar-refractivity contribution < 1.29 is 17.9 Å². The van der Waals surface area contributed by atoms with E-state index in [2.05, 4.69) is 4.98 Å². The molecule has 0 radical (unpaired) electrons. The molecule has 0 bridgehead atoms. The summed E-state index contributed by atoms with van der Waals surface area (Å²) in [4.78, 5) is 18.9. The zero-order valence-electron chi connectivity index (χ0n) is 14.6. The van der Waals surface area contributed by atoms with E-state index in [-0.39, 0.29) is 11.8 Å². The molecule has 7 nitrogen and oxygen atoms in total. The molecule has 9 heteroatoms. The van der Waals surface area contributed by atoms with Crippen LogP contribution in [0.15, 0.2) is 39.8 Å². The van der Waals surface area contributed by atoms with Crippen molar-refractivity contribution in [3.63, 3.8) is 0 Å². The summed E-state index contributed by atoms with van der Waals surface area (Å²) in [5.74, 6) is 0.0861. The van der Waals surface area contributed by atoms with E-state index in [1.165, 1.54) is 15.6 Å². The molecule has 0 unspecified atom stereocenters. The third-order valence-corrected chi connectivity index (χ3v) is 8.11. The molecule has 1 atom stereocenters. The van der Waals surface area contributed by atoms with Crippen LogP contribution >= 0.6 is 11.3 Å². The third kappa shape index (κ3) is 2.89. The van der Waals surface area contributed by atoms with E-state index < -0.39 is 10.0 Å². The third-order valence-electron chi connectivity index (χ3n) is 5.53. The highest BCUT2D eigenvalue weighted by molar-refractivity contribution is 7.89. The van der Waals surface area contributed by atoms with Crippen molar-refractivity contribution >= 4 is 37.5 Å². The highest BCUT2D eigenvalue weighted by Crippen LogP contribution is 2.32. The predicted molar refractivity (Wildman–Crippen MR) is 101 cm³/mol. The van der Waals surface area contributed by atoms with Crippen LogP contribution in [0.5, 0.6) is 0 Å². The Labute approximate surface area is 161 Å². The fourth-order valence-corrected chi connectivity index (χ4v) is 6.25. The molecule has 3 aliphatic rings. The minimum atomic E-state index is -3.56. The van der Waals surface area contributed by atoms with Gasteiger partial charge in [-0.15, -0.1) is 11.3 Å². The lowest BCUT2D eigenvalue weighted by atomic mass is 10.1. The topological polar surface area (TPSA) is 79.8 Å². The lowest BCUT2D eigenvalue weighted by Gasteiger charge is -2.24. The van der Waals surface area contributed by atoms with Gasteiger partial charge in [-0.25, -0.2) is 13.4 Å². The van der Waals surface area contributed by atoms with Gasteiger partial charge in [0.05, 0.1) is 33.1 Å². The Balaban J connectivity index is 1.30. The number of amides is 1. The highest BCUT2D eigenvalue weighted by atomic mass is 32.2. The Morgan fingerprint density at radius 1 is 1.19 bits per heavy atom. The van der Waals surface area contributed by atoms with Gasteiger partial charge in [0.2, 0.25) is 15.9 Å². The van der Waals surface area contributed by atoms with Crippen molar-refractivity contribution in [3.05, 3.63) is 34.9 Å². The number of hydrogen-bond acceptors (Lipinski definition) is 6. The van der Waals surface area contributed by atoms with Crippen molar-refractivity contribution in [2.45, 2.75) is 11.3 Å². The molecule has 1 aromatic carbocycles. The van der Waals surface area contributed by atoms with Crippen molar-refractivity contribution in [1.29, 1.82) is 0 Å². The second-order valence-corrected chi connectivity index (χ2v) is 10.0. The molecule has 0 N–H and O–H groups in total. The van der Waals surface area contributed by atoms with Gasteiger partial charge >= 0.3 is 0 Å². The number of nitrogens with zero attached hydrogens (tertiary/aromatic N) is 3. The first-order chi connectivity index (χ1) is 13.0. The normalized spacial score (nSPS) is 23.6. The number of ether oxygens (including phenoxy) is 1. The minimum Gasteiger partial charge on any atom is -0.381 e. The maximum atomic E-state index is 13.0. The molecular weight excluding hydrogens is 386 g/mol. The van der Waals surface area contributed by atoms with Gasteiger partial charge in [0.25, 0.3) is 0 Å². The van der Waals surface area contributed by atoms with Crippen LogP contribution < -0.4 is 0 Å². The molecular formula is C18H19N3O4S2. The minimum absolute atomic E-state index is 0.0454. The Bertz CT molecular complexity index is 1040. The van der Waals surface area contributed by atoms with Crippen LogP contribution in [0.1, 0.15) is 6.42 Å². The second kappa shape index (κ2) is 6.37. The van der Waals surface area contributed by atoms with Crippen molar-refractivity contribution in [3.8, 4) is 0 Å². The molecule has 0 aliphatic carbocycles. The van der Waals surface area contributed by atoms with E-state index in [9.17, 15) is 13.2 Å². The van der Waals surface area contributed by atoms with Crippen LogP contribution in [-0.4, -0.2) is 67.9 Å². The summed E-state index contributed by atoms with van der Waals surface area (Å²) in [5.41, 5.74) is 4.65. The fraction of sp³-hybridized carbons (Fsp3) is 0.444.